The number of methoxy groups -OCH3 is 1. The van der Waals surface area contributed by atoms with Crippen LogP contribution in [0.2, 0.25) is 18.1 Å². The summed E-state index contributed by atoms with van der Waals surface area (Å²) in [6.45, 7) is 12.3. The number of carboxylic acids is 1. The van der Waals surface area contributed by atoms with Crippen molar-refractivity contribution >= 4 is 14.3 Å². The fraction of sp³-hybridized carbons (Fsp3) is 0.632. The van der Waals surface area contributed by atoms with Crippen molar-refractivity contribution in [2.45, 2.75) is 64.0 Å². The van der Waals surface area contributed by atoms with E-state index < -0.39 is 20.3 Å². The quantitative estimate of drug-likeness (QED) is 0.778. The predicted octanol–water partition coefficient (Wildman–Crippen LogP) is 3.74. The first kappa shape index (κ1) is 19.9. The van der Waals surface area contributed by atoms with Crippen LogP contribution in [0.1, 0.15) is 32.8 Å². The molecule has 0 radical (unpaired) electrons. The van der Waals surface area contributed by atoms with E-state index in [-0.39, 0.29) is 11.1 Å². The largest absolute Gasteiger partial charge is 0.497 e. The number of carboxylic acid groups (broad SMARTS) is 1. The molecular formula is C19H31NO4Si. The van der Waals surface area contributed by atoms with Crippen LogP contribution >= 0.6 is 0 Å². The van der Waals surface area contributed by atoms with Crippen LogP contribution in [-0.2, 0) is 15.8 Å². The van der Waals surface area contributed by atoms with Crippen molar-refractivity contribution in [2.24, 2.45) is 0 Å². The molecule has 1 aromatic rings. The van der Waals surface area contributed by atoms with Crippen molar-refractivity contribution in [3.8, 4) is 5.75 Å². The molecule has 2 rings (SSSR count). The molecular weight excluding hydrogens is 334 g/mol. The topological polar surface area (TPSA) is 59.0 Å². The van der Waals surface area contributed by atoms with E-state index in [9.17, 15) is 9.90 Å². The van der Waals surface area contributed by atoms with Crippen LogP contribution in [0.25, 0.3) is 0 Å². The maximum absolute atomic E-state index is 11.7. The van der Waals surface area contributed by atoms with E-state index in [0.29, 0.717) is 19.5 Å². The summed E-state index contributed by atoms with van der Waals surface area (Å²) in [5.74, 6) is 0.0361. The standard InChI is InChI=1S/C19H31NO4Si/c1-19(2,3)25(5,6)24-16-11-17(18(21)22)20(13-16)12-14-7-9-15(23-4)10-8-14/h7-10,16-17H,11-13H2,1-6H3,(H,21,22)/t16-,17?/m1/s1. The van der Waals surface area contributed by atoms with Crippen molar-refractivity contribution in [3.63, 3.8) is 0 Å². The second-order valence-electron chi connectivity index (χ2n) is 8.37. The Kier molecular flexibility index (Phi) is 5.96. The third-order valence-electron chi connectivity index (χ3n) is 5.46. The Hall–Kier alpha value is -1.37. The van der Waals surface area contributed by atoms with Gasteiger partial charge in [0.05, 0.1) is 13.2 Å². The number of hydrogen-bond donors (Lipinski definition) is 1. The molecule has 5 nitrogen and oxygen atoms in total. The molecule has 1 aromatic carbocycles. The SMILES string of the molecule is COc1ccc(CN2C[C@H](O[Si](C)(C)C(C)(C)C)CC2C(=O)O)cc1. The minimum Gasteiger partial charge on any atom is -0.497 e. The lowest BCUT2D eigenvalue weighted by molar-refractivity contribution is -0.142. The van der Waals surface area contributed by atoms with Crippen molar-refractivity contribution in [3.05, 3.63) is 29.8 Å². The molecule has 1 unspecified atom stereocenters. The van der Waals surface area contributed by atoms with Crippen LogP contribution in [0.5, 0.6) is 5.75 Å². The van der Waals surface area contributed by atoms with Gasteiger partial charge in [0, 0.05) is 13.1 Å². The van der Waals surface area contributed by atoms with Crippen LogP contribution in [-0.4, -0.2) is 50.1 Å². The first-order valence-electron chi connectivity index (χ1n) is 8.81. The Morgan fingerprint density at radius 3 is 2.36 bits per heavy atom. The second-order valence-corrected chi connectivity index (χ2v) is 13.1. The minimum absolute atomic E-state index is 0.0137. The average molecular weight is 366 g/mol. The number of benzene rings is 1. The lowest BCUT2D eigenvalue weighted by Crippen LogP contribution is -2.44. The van der Waals surface area contributed by atoms with Gasteiger partial charge in [0.15, 0.2) is 8.32 Å². The van der Waals surface area contributed by atoms with E-state index in [2.05, 4.69) is 33.9 Å². The maximum Gasteiger partial charge on any atom is 0.321 e. The molecule has 6 heteroatoms. The van der Waals surface area contributed by atoms with Gasteiger partial charge in [0.25, 0.3) is 0 Å². The van der Waals surface area contributed by atoms with Gasteiger partial charge in [-0.3, -0.25) is 9.69 Å². The lowest BCUT2D eigenvalue weighted by Gasteiger charge is -2.38. The van der Waals surface area contributed by atoms with E-state index in [1.165, 1.54) is 0 Å². The Balaban J connectivity index is 2.08. The Labute approximate surface area is 152 Å². The highest BCUT2D eigenvalue weighted by Gasteiger charge is 2.44. The molecule has 25 heavy (non-hydrogen) atoms. The average Bonchev–Trinajstić information content (AvgIpc) is 2.89. The van der Waals surface area contributed by atoms with E-state index in [1.54, 1.807) is 7.11 Å². The summed E-state index contributed by atoms with van der Waals surface area (Å²) >= 11 is 0. The Morgan fingerprint density at radius 1 is 1.28 bits per heavy atom. The van der Waals surface area contributed by atoms with Gasteiger partial charge in [-0.25, -0.2) is 0 Å². The number of likely N-dealkylation sites (tertiary alicyclic amines) is 1. The molecule has 0 spiro atoms. The third kappa shape index (κ3) is 4.83. The summed E-state index contributed by atoms with van der Waals surface area (Å²) in [6, 6.07) is 7.30. The monoisotopic (exact) mass is 365 g/mol. The first-order valence-corrected chi connectivity index (χ1v) is 11.7. The summed E-state index contributed by atoms with van der Waals surface area (Å²) < 4.78 is 11.6. The van der Waals surface area contributed by atoms with Gasteiger partial charge in [-0.05, 0) is 42.2 Å². The number of aliphatic carboxylic acids is 1. The van der Waals surface area contributed by atoms with Gasteiger partial charge >= 0.3 is 5.97 Å². The highest BCUT2D eigenvalue weighted by Crippen LogP contribution is 2.39. The van der Waals surface area contributed by atoms with Crippen LogP contribution in [0.15, 0.2) is 24.3 Å². The molecule has 1 aliphatic rings. The first-order chi connectivity index (χ1) is 11.5. The number of hydrogen-bond acceptors (Lipinski definition) is 4. The molecule has 0 aliphatic carbocycles. The molecule has 1 fully saturated rings. The fourth-order valence-electron chi connectivity index (χ4n) is 2.94. The van der Waals surface area contributed by atoms with Crippen LogP contribution in [0.3, 0.4) is 0 Å². The molecule has 1 aliphatic heterocycles. The molecule has 2 atom stereocenters. The van der Waals surface area contributed by atoms with Gasteiger partial charge in [-0.15, -0.1) is 0 Å². The summed E-state index contributed by atoms with van der Waals surface area (Å²) in [5.41, 5.74) is 1.08. The molecule has 140 valence electrons. The zero-order valence-electron chi connectivity index (χ0n) is 16.2. The van der Waals surface area contributed by atoms with Crippen molar-refractivity contribution in [1.82, 2.24) is 4.90 Å². The van der Waals surface area contributed by atoms with E-state index in [4.69, 9.17) is 9.16 Å². The van der Waals surface area contributed by atoms with Crippen LogP contribution < -0.4 is 4.74 Å². The zero-order chi connectivity index (χ0) is 18.8. The molecule has 0 saturated carbocycles. The zero-order valence-corrected chi connectivity index (χ0v) is 17.2. The Bertz CT molecular complexity index is 594. The highest BCUT2D eigenvalue weighted by atomic mass is 28.4. The smallest absolute Gasteiger partial charge is 0.321 e. The lowest BCUT2D eigenvalue weighted by atomic mass is 10.1. The number of nitrogens with zero attached hydrogens (tertiary/aromatic N) is 1. The second kappa shape index (κ2) is 7.48. The predicted molar refractivity (Wildman–Crippen MR) is 102 cm³/mol. The van der Waals surface area contributed by atoms with Crippen molar-refractivity contribution in [2.75, 3.05) is 13.7 Å². The van der Waals surface area contributed by atoms with Crippen molar-refractivity contribution in [1.29, 1.82) is 0 Å². The van der Waals surface area contributed by atoms with E-state index in [1.807, 2.05) is 29.2 Å². The van der Waals surface area contributed by atoms with E-state index >= 15 is 0 Å². The molecule has 1 heterocycles. The number of rotatable bonds is 6. The van der Waals surface area contributed by atoms with E-state index in [0.717, 1.165) is 11.3 Å². The van der Waals surface area contributed by atoms with Gasteiger partial charge in [-0.1, -0.05) is 32.9 Å². The summed E-state index contributed by atoms with van der Waals surface area (Å²) in [4.78, 5) is 13.7. The molecule has 0 bridgehead atoms. The fourth-order valence-corrected chi connectivity index (χ4v) is 4.30. The van der Waals surface area contributed by atoms with Gasteiger partial charge in [-0.2, -0.15) is 0 Å². The normalized spacial score (nSPS) is 22.2. The number of carbonyl (C=O) groups is 1. The summed E-state index contributed by atoms with van der Waals surface area (Å²) in [6.07, 6.45) is 0.540. The van der Waals surface area contributed by atoms with Crippen LogP contribution in [0, 0.1) is 0 Å². The highest BCUT2D eigenvalue weighted by molar-refractivity contribution is 6.74. The molecule has 0 aromatic heterocycles. The molecule has 0 amide bonds. The number of ether oxygens (including phenoxy) is 1. The summed E-state index contributed by atoms with van der Waals surface area (Å²) in [7, 11) is -0.267. The third-order valence-corrected chi connectivity index (χ3v) is 10.00. The molecule has 1 saturated heterocycles. The minimum atomic E-state index is -1.90. The maximum atomic E-state index is 11.7. The van der Waals surface area contributed by atoms with Gasteiger partial charge < -0.3 is 14.3 Å². The van der Waals surface area contributed by atoms with Crippen LogP contribution in [0.4, 0.5) is 0 Å². The van der Waals surface area contributed by atoms with Crippen molar-refractivity contribution < 1.29 is 19.1 Å². The Morgan fingerprint density at radius 2 is 1.88 bits per heavy atom. The summed E-state index contributed by atoms with van der Waals surface area (Å²) in [5, 5.41) is 9.73. The molecule has 1 N–H and O–H groups in total. The van der Waals surface area contributed by atoms with Gasteiger partial charge in [0.2, 0.25) is 0 Å². The van der Waals surface area contributed by atoms with Gasteiger partial charge in [0.1, 0.15) is 11.8 Å².